The molecule has 9 heavy (non-hydrogen) atoms. The lowest BCUT2D eigenvalue weighted by atomic mass is 9.60. The van der Waals surface area contributed by atoms with Crippen molar-refractivity contribution in [3.05, 3.63) is 0 Å². The van der Waals surface area contributed by atoms with Crippen LogP contribution in [-0.2, 0) is 0 Å². The Morgan fingerprint density at radius 1 is 1.33 bits per heavy atom. The Hall–Kier alpha value is 0.315. The molecule has 0 heterocycles. The van der Waals surface area contributed by atoms with Gasteiger partial charge in [-0.1, -0.05) is 19.7 Å². The molecule has 0 saturated heterocycles. The van der Waals surface area contributed by atoms with Crippen LogP contribution in [0.2, 0.25) is 6.82 Å². The maximum absolute atomic E-state index is 5.96. The Bertz CT molecular complexity index is 81.1. The van der Waals surface area contributed by atoms with E-state index in [1.165, 1.54) is 25.7 Å². The SMILES string of the molecule is CBC1(N)CCCC1.Cl. The Morgan fingerprint density at radius 2 is 1.78 bits per heavy atom. The van der Waals surface area contributed by atoms with Crippen LogP contribution < -0.4 is 5.73 Å². The summed E-state index contributed by atoms with van der Waals surface area (Å²) in [4.78, 5) is 0. The summed E-state index contributed by atoms with van der Waals surface area (Å²) in [5.74, 6) is 0. The lowest BCUT2D eigenvalue weighted by Gasteiger charge is -2.19. The molecule has 0 bridgehead atoms. The average molecular weight is 147 g/mol. The number of hydrogen-bond donors (Lipinski definition) is 1. The maximum Gasteiger partial charge on any atom is 0.142 e. The first-order valence-electron chi connectivity index (χ1n) is 3.56. The third kappa shape index (κ3) is 2.19. The Balaban J connectivity index is 0.000000640. The van der Waals surface area contributed by atoms with Gasteiger partial charge in [0.05, 0.1) is 0 Å². The highest BCUT2D eigenvalue weighted by Crippen LogP contribution is 2.25. The largest absolute Gasteiger partial charge is 0.332 e. The van der Waals surface area contributed by atoms with E-state index in [1.807, 2.05) is 0 Å². The van der Waals surface area contributed by atoms with Crippen LogP contribution in [0.3, 0.4) is 0 Å². The molecule has 0 aromatic heterocycles. The molecule has 1 saturated carbocycles. The van der Waals surface area contributed by atoms with E-state index in [-0.39, 0.29) is 17.8 Å². The van der Waals surface area contributed by atoms with Gasteiger partial charge in [-0.25, -0.2) is 0 Å². The van der Waals surface area contributed by atoms with E-state index in [4.69, 9.17) is 5.73 Å². The van der Waals surface area contributed by atoms with Crippen LogP contribution >= 0.6 is 12.4 Å². The molecule has 1 nitrogen and oxygen atoms in total. The number of nitrogens with two attached hydrogens (primary N) is 1. The van der Waals surface area contributed by atoms with Crippen molar-refractivity contribution in [1.29, 1.82) is 0 Å². The van der Waals surface area contributed by atoms with Crippen molar-refractivity contribution in [3.8, 4) is 0 Å². The third-order valence-corrected chi connectivity index (χ3v) is 2.30. The van der Waals surface area contributed by atoms with Crippen LogP contribution in [0.5, 0.6) is 0 Å². The Labute approximate surface area is 64.0 Å². The van der Waals surface area contributed by atoms with E-state index in [1.54, 1.807) is 0 Å². The highest BCUT2D eigenvalue weighted by atomic mass is 35.5. The van der Waals surface area contributed by atoms with Gasteiger partial charge in [0, 0.05) is 0 Å². The highest BCUT2D eigenvalue weighted by molar-refractivity contribution is 6.38. The number of rotatable bonds is 1. The Kier molecular flexibility index (Phi) is 3.60. The van der Waals surface area contributed by atoms with Gasteiger partial charge in [0.25, 0.3) is 0 Å². The predicted octanol–water partition coefficient (Wildman–Crippen LogP) is 1.12. The van der Waals surface area contributed by atoms with Crippen LogP contribution in [-0.4, -0.2) is 12.7 Å². The van der Waals surface area contributed by atoms with Crippen LogP contribution in [0.25, 0.3) is 0 Å². The van der Waals surface area contributed by atoms with Crippen molar-refractivity contribution in [3.63, 3.8) is 0 Å². The fraction of sp³-hybridized carbons (Fsp3) is 1.00. The summed E-state index contributed by atoms with van der Waals surface area (Å²) in [6.07, 6.45) is 5.21. The fourth-order valence-electron chi connectivity index (χ4n) is 1.43. The Morgan fingerprint density at radius 3 is 2.00 bits per heavy atom. The molecular formula is C6H15BClN. The molecule has 1 aliphatic carbocycles. The smallest absolute Gasteiger partial charge is 0.142 e. The van der Waals surface area contributed by atoms with Crippen molar-refractivity contribution in [2.75, 3.05) is 0 Å². The minimum Gasteiger partial charge on any atom is -0.332 e. The van der Waals surface area contributed by atoms with Crippen molar-refractivity contribution in [2.45, 2.75) is 37.9 Å². The highest BCUT2D eigenvalue weighted by Gasteiger charge is 2.26. The van der Waals surface area contributed by atoms with Gasteiger partial charge < -0.3 is 5.73 Å². The summed E-state index contributed by atoms with van der Waals surface area (Å²) >= 11 is 0. The average Bonchev–Trinajstić information content (AvgIpc) is 2.17. The van der Waals surface area contributed by atoms with Crippen LogP contribution in [0.4, 0.5) is 0 Å². The zero-order chi connectivity index (χ0) is 6.04. The van der Waals surface area contributed by atoms with E-state index < -0.39 is 0 Å². The molecule has 0 unspecified atom stereocenters. The minimum atomic E-state index is 0. The van der Waals surface area contributed by atoms with E-state index >= 15 is 0 Å². The zero-order valence-corrected chi connectivity index (χ0v) is 6.84. The molecule has 1 fully saturated rings. The molecule has 54 valence electrons. The van der Waals surface area contributed by atoms with Gasteiger partial charge in [-0.15, -0.1) is 12.4 Å². The lowest BCUT2D eigenvalue weighted by Crippen LogP contribution is -2.41. The quantitative estimate of drug-likeness (QED) is 0.553. The van der Waals surface area contributed by atoms with Gasteiger partial charge in [-0.2, -0.15) is 0 Å². The second-order valence-electron chi connectivity index (χ2n) is 2.92. The topological polar surface area (TPSA) is 26.0 Å². The second kappa shape index (κ2) is 3.48. The first kappa shape index (κ1) is 9.31. The zero-order valence-electron chi connectivity index (χ0n) is 6.02. The van der Waals surface area contributed by atoms with Gasteiger partial charge in [0.15, 0.2) is 0 Å². The standard InChI is InChI=1S/C6H14BN.ClH/c1-7-6(8)4-2-3-5-6;/h7H,2-5,8H2,1H3;1H. The summed E-state index contributed by atoms with van der Waals surface area (Å²) in [6, 6.07) is 0. The van der Waals surface area contributed by atoms with E-state index in [2.05, 4.69) is 6.82 Å². The molecule has 0 spiro atoms. The molecule has 3 heteroatoms. The second-order valence-corrected chi connectivity index (χ2v) is 2.92. The monoisotopic (exact) mass is 147 g/mol. The van der Waals surface area contributed by atoms with Crippen molar-refractivity contribution >= 4 is 19.7 Å². The molecule has 2 N–H and O–H groups in total. The molecule has 0 atom stereocenters. The van der Waals surface area contributed by atoms with E-state index in [0.29, 0.717) is 0 Å². The molecule has 0 radical (unpaired) electrons. The van der Waals surface area contributed by atoms with Crippen molar-refractivity contribution in [1.82, 2.24) is 0 Å². The van der Waals surface area contributed by atoms with Gasteiger partial charge in [0.1, 0.15) is 7.28 Å². The summed E-state index contributed by atoms with van der Waals surface area (Å²) in [7, 11) is 1.16. The fourth-order valence-corrected chi connectivity index (χ4v) is 1.43. The van der Waals surface area contributed by atoms with Gasteiger partial charge in [0.2, 0.25) is 0 Å². The number of hydrogen-bond acceptors (Lipinski definition) is 1. The van der Waals surface area contributed by atoms with Gasteiger partial charge >= 0.3 is 0 Å². The maximum atomic E-state index is 5.96. The number of halogens is 1. The summed E-state index contributed by atoms with van der Waals surface area (Å²) in [5.41, 5.74) is 6.19. The molecule has 1 rings (SSSR count). The third-order valence-electron chi connectivity index (χ3n) is 2.30. The predicted molar refractivity (Wildman–Crippen MR) is 45.6 cm³/mol. The summed E-state index contributed by atoms with van der Waals surface area (Å²) < 4.78 is 0. The van der Waals surface area contributed by atoms with Crippen LogP contribution in [0.1, 0.15) is 25.7 Å². The van der Waals surface area contributed by atoms with Crippen LogP contribution in [0.15, 0.2) is 0 Å². The molecule has 0 aromatic rings. The first-order chi connectivity index (χ1) is 3.77. The minimum absolute atomic E-state index is 0. The molecule has 0 aliphatic heterocycles. The normalized spacial score (nSPS) is 22.9. The molecule has 1 aliphatic rings. The van der Waals surface area contributed by atoms with Gasteiger partial charge in [-0.3, -0.25) is 0 Å². The summed E-state index contributed by atoms with van der Waals surface area (Å²) in [6.45, 7) is 2.19. The van der Waals surface area contributed by atoms with Gasteiger partial charge in [-0.05, 0) is 18.3 Å². The molecule has 0 aromatic carbocycles. The van der Waals surface area contributed by atoms with Crippen molar-refractivity contribution < 1.29 is 0 Å². The molecular weight excluding hydrogens is 132 g/mol. The summed E-state index contributed by atoms with van der Waals surface area (Å²) in [5, 5.41) is 0. The molecule has 0 amide bonds. The first-order valence-corrected chi connectivity index (χ1v) is 3.56. The van der Waals surface area contributed by atoms with Crippen LogP contribution in [0, 0.1) is 0 Å². The van der Waals surface area contributed by atoms with E-state index in [0.717, 1.165) is 7.28 Å². The van der Waals surface area contributed by atoms with E-state index in [9.17, 15) is 0 Å². The lowest BCUT2D eigenvalue weighted by molar-refractivity contribution is 0.615. The van der Waals surface area contributed by atoms with Crippen molar-refractivity contribution in [2.24, 2.45) is 5.73 Å².